The number of carboxylic acid groups (broad SMARTS) is 3. The van der Waals surface area contributed by atoms with Gasteiger partial charge in [0, 0.05) is 0 Å². The predicted molar refractivity (Wildman–Crippen MR) is 97.4 cm³/mol. The summed E-state index contributed by atoms with van der Waals surface area (Å²) in [4.78, 5) is 29.7. The summed E-state index contributed by atoms with van der Waals surface area (Å²) in [7, 11) is 0. The Hall–Kier alpha value is -0.450. The molecule has 0 spiro atoms. The number of rotatable bonds is 7. The second kappa shape index (κ2) is 18.3. The maximum atomic E-state index is 10.1. The van der Waals surface area contributed by atoms with Crippen molar-refractivity contribution in [1.29, 1.82) is 0 Å². The van der Waals surface area contributed by atoms with Crippen LogP contribution in [0.1, 0.15) is 50.3 Å². The Balaban J connectivity index is -0.0000000592. The van der Waals surface area contributed by atoms with Crippen LogP contribution in [0.2, 0.25) is 0 Å². The Bertz CT molecular complexity index is 361. The molecule has 0 aliphatic rings. The zero-order valence-corrected chi connectivity index (χ0v) is 17.9. The second-order valence-corrected chi connectivity index (χ2v) is 6.16. The number of aliphatic hydroxyl groups is 1. The number of carboxylic acids is 3. The molecule has 0 saturated carbocycles. The van der Waals surface area contributed by atoms with Gasteiger partial charge in [-0.1, -0.05) is 27.7 Å². The summed E-state index contributed by atoms with van der Waals surface area (Å²) in [6.07, 6.45) is -0.130. The van der Waals surface area contributed by atoms with Crippen LogP contribution in [-0.4, -0.2) is 94.3 Å². The third kappa shape index (κ3) is 28.6. The van der Waals surface area contributed by atoms with Gasteiger partial charge in [0.15, 0.2) is 0 Å². The molecular weight excluding hydrogens is 360 g/mol. The van der Waals surface area contributed by atoms with Crippen LogP contribution in [0.5, 0.6) is 0 Å². The number of hydrogen-bond donors (Lipinski definition) is 6. The van der Waals surface area contributed by atoms with Gasteiger partial charge in [0.25, 0.3) is 0 Å². The first kappa shape index (κ1) is 32.2. The van der Waals surface area contributed by atoms with Gasteiger partial charge in [-0.05, 0) is 31.6 Å². The molecule has 25 heavy (non-hydrogen) atoms. The van der Waals surface area contributed by atoms with Gasteiger partial charge in [0.2, 0.25) is 0 Å². The molecule has 0 aliphatic heterocycles. The third-order valence-electron chi connectivity index (χ3n) is 2.44. The van der Waals surface area contributed by atoms with Crippen molar-refractivity contribution in [2.75, 3.05) is 0 Å². The van der Waals surface area contributed by atoms with Gasteiger partial charge < -0.3 is 34.7 Å². The average Bonchev–Trinajstić information content (AvgIpc) is 2.38. The zero-order chi connectivity index (χ0) is 20.0. The first-order valence-electron chi connectivity index (χ1n) is 7.59. The van der Waals surface area contributed by atoms with E-state index in [1.165, 1.54) is 6.92 Å². The summed E-state index contributed by atoms with van der Waals surface area (Å²) >= 11 is 0. The summed E-state index contributed by atoms with van der Waals surface area (Å²) in [5, 5.41) is 32.4. The molecule has 0 aromatic rings. The molecule has 10 heteroatoms. The van der Waals surface area contributed by atoms with Crippen molar-refractivity contribution >= 4 is 55.6 Å². The second-order valence-electron chi connectivity index (χ2n) is 6.16. The van der Waals surface area contributed by atoms with Gasteiger partial charge >= 0.3 is 55.6 Å². The van der Waals surface area contributed by atoms with Crippen LogP contribution in [0.3, 0.4) is 0 Å². The monoisotopic (exact) mass is 394 g/mol. The van der Waals surface area contributed by atoms with Crippen LogP contribution in [-0.2, 0) is 14.4 Å². The molecule has 148 valence electrons. The quantitative estimate of drug-likeness (QED) is 0.328. The summed E-state index contributed by atoms with van der Waals surface area (Å²) in [6, 6.07) is -1.38. The Morgan fingerprint density at radius 1 is 0.760 bits per heavy atom. The van der Waals surface area contributed by atoms with E-state index in [4.69, 9.17) is 31.9 Å². The summed E-state index contributed by atoms with van der Waals surface area (Å²) in [5.41, 5.74) is 10.4. The van der Waals surface area contributed by atoms with Crippen LogP contribution in [0.25, 0.3) is 0 Å². The molecule has 0 aliphatic carbocycles. The minimum atomic E-state index is -1.23. The number of nitrogens with two attached hydrogens (primary N) is 2. The van der Waals surface area contributed by atoms with Crippen LogP contribution < -0.4 is 11.5 Å². The SMILES string of the molecule is CC(C)C[C@H](N)C(=O)O.CC(C)C[C@H](N)C(=O)O.CC(O)C(=O)O.[Ca+2].[H-].[H-]. The van der Waals surface area contributed by atoms with E-state index in [0.717, 1.165) is 0 Å². The molecule has 0 radical (unpaired) electrons. The van der Waals surface area contributed by atoms with E-state index in [1.807, 2.05) is 27.7 Å². The molecule has 0 rings (SSSR count). The smallest absolute Gasteiger partial charge is 1.00 e. The Labute approximate surface area is 181 Å². The third-order valence-corrected chi connectivity index (χ3v) is 2.44. The number of carbonyl (C=O) groups is 3. The largest absolute Gasteiger partial charge is 2.00 e. The molecule has 0 saturated heterocycles. The fourth-order valence-corrected chi connectivity index (χ4v) is 1.22. The van der Waals surface area contributed by atoms with Crippen LogP contribution in [0, 0.1) is 11.8 Å². The molecule has 8 N–H and O–H groups in total. The van der Waals surface area contributed by atoms with Crippen molar-refractivity contribution in [2.45, 2.75) is 65.6 Å². The molecule has 0 heterocycles. The topological polar surface area (TPSA) is 184 Å². The standard InChI is InChI=1S/2C6H13NO2.C3H6O3.Ca.2H/c2*1-4(2)3-5(7)6(8)9;1-2(4)3(5)6;;;/h2*4-5H,3,7H2,1-2H3,(H,8,9);2,4H,1H3,(H,5,6);;;/q;;;+2;2*-1/t2*5-;;;;/m00..../s1. The molecule has 9 nitrogen and oxygen atoms in total. The van der Waals surface area contributed by atoms with Gasteiger partial charge in [-0.15, -0.1) is 0 Å². The van der Waals surface area contributed by atoms with Crippen molar-refractivity contribution in [3.63, 3.8) is 0 Å². The van der Waals surface area contributed by atoms with Gasteiger partial charge in [0.1, 0.15) is 18.2 Å². The van der Waals surface area contributed by atoms with Crippen molar-refractivity contribution in [1.82, 2.24) is 0 Å². The number of hydrogen-bond acceptors (Lipinski definition) is 6. The molecule has 1 unspecified atom stereocenters. The van der Waals surface area contributed by atoms with E-state index < -0.39 is 36.1 Å². The van der Waals surface area contributed by atoms with Crippen molar-refractivity contribution in [3.8, 4) is 0 Å². The first-order valence-corrected chi connectivity index (χ1v) is 7.59. The minimum absolute atomic E-state index is 0. The summed E-state index contributed by atoms with van der Waals surface area (Å²) in [6.45, 7) is 8.99. The summed E-state index contributed by atoms with van der Waals surface area (Å²) < 4.78 is 0. The van der Waals surface area contributed by atoms with E-state index in [2.05, 4.69) is 0 Å². The summed E-state index contributed by atoms with van der Waals surface area (Å²) in [5.74, 6) is -2.30. The van der Waals surface area contributed by atoms with Crippen LogP contribution >= 0.6 is 0 Å². The fourth-order valence-electron chi connectivity index (χ4n) is 1.22. The molecule has 0 aromatic heterocycles. The van der Waals surface area contributed by atoms with Gasteiger partial charge in [-0.3, -0.25) is 9.59 Å². The Kier molecular flexibility index (Phi) is 23.7. The number of aliphatic carboxylic acids is 3. The van der Waals surface area contributed by atoms with Gasteiger partial charge in [-0.2, -0.15) is 0 Å². The molecule has 0 fully saturated rings. The van der Waals surface area contributed by atoms with E-state index >= 15 is 0 Å². The molecule has 0 bridgehead atoms. The van der Waals surface area contributed by atoms with Crippen molar-refractivity contribution < 1.29 is 37.7 Å². The van der Waals surface area contributed by atoms with Crippen LogP contribution in [0.4, 0.5) is 0 Å². The molecule has 0 amide bonds. The number of aliphatic hydroxyl groups excluding tert-OH is 1. The first-order chi connectivity index (χ1) is 10.7. The average molecular weight is 395 g/mol. The maximum Gasteiger partial charge on any atom is 2.00 e. The van der Waals surface area contributed by atoms with Crippen LogP contribution in [0.15, 0.2) is 0 Å². The molecule has 0 aromatic carbocycles. The predicted octanol–water partition coefficient (Wildman–Crippen LogP) is 0.185. The van der Waals surface area contributed by atoms with Crippen molar-refractivity contribution in [3.05, 3.63) is 0 Å². The van der Waals surface area contributed by atoms with E-state index in [9.17, 15) is 14.4 Å². The Morgan fingerprint density at radius 2 is 0.960 bits per heavy atom. The Morgan fingerprint density at radius 3 is 1.00 bits per heavy atom. The zero-order valence-electron chi connectivity index (χ0n) is 17.7. The van der Waals surface area contributed by atoms with E-state index in [-0.39, 0.29) is 40.6 Å². The normalized spacial score (nSPS) is 13.2. The molecule has 3 atom stereocenters. The van der Waals surface area contributed by atoms with Gasteiger partial charge in [0.05, 0.1) is 0 Å². The maximum absolute atomic E-state index is 10.1. The van der Waals surface area contributed by atoms with E-state index in [0.29, 0.717) is 24.7 Å². The molecular formula is C15H34CaN2O7. The van der Waals surface area contributed by atoms with E-state index in [1.54, 1.807) is 0 Å². The minimum Gasteiger partial charge on any atom is -1.00 e. The van der Waals surface area contributed by atoms with Gasteiger partial charge in [-0.25, -0.2) is 4.79 Å². The fraction of sp³-hybridized carbons (Fsp3) is 0.800. The van der Waals surface area contributed by atoms with Crippen molar-refractivity contribution in [2.24, 2.45) is 23.3 Å².